The third-order valence-corrected chi connectivity index (χ3v) is 6.31. The first kappa shape index (κ1) is 18.0. The molecule has 0 saturated carbocycles. The zero-order valence-corrected chi connectivity index (χ0v) is 16.9. The summed E-state index contributed by atoms with van der Waals surface area (Å²) in [6.45, 7) is 0.911. The lowest BCUT2D eigenvalue weighted by atomic mass is 10.2. The van der Waals surface area contributed by atoms with Crippen LogP contribution in [0.15, 0.2) is 39.5 Å². The molecule has 138 valence electrons. The minimum absolute atomic E-state index is 0.238. The van der Waals surface area contributed by atoms with Crippen LogP contribution in [0.2, 0.25) is 0 Å². The third kappa shape index (κ3) is 3.97. The van der Waals surface area contributed by atoms with E-state index in [4.69, 9.17) is 9.47 Å². The van der Waals surface area contributed by atoms with Gasteiger partial charge in [0.1, 0.15) is 23.9 Å². The molecule has 2 N–H and O–H groups in total. The number of thiazole rings is 1. The van der Waals surface area contributed by atoms with Crippen molar-refractivity contribution in [1.82, 2.24) is 15.8 Å². The minimum atomic E-state index is -0.487. The highest BCUT2D eigenvalue weighted by Gasteiger charge is 2.17. The average Bonchev–Trinajstić information content (AvgIpc) is 3.34. The Labute approximate surface area is 170 Å². The third-order valence-electron chi connectivity index (χ3n) is 3.61. The van der Waals surface area contributed by atoms with Gasteiger partial charge < -0.3 is 9.47 Å². The smallest absolute Gasteiger partial charge is 0.289 e. The van der Waals surface area contributed by atoms with Crippen molar-refractivity contribution in [3.63, 3.8) is 0 Å². The number of rotatable bonds is 3. The van der Waals surface area contributed by atoms with Crippen molar-refractivity contribution >= 4 is 50.4 Å². The quantitative estimate of drug-likeness (QED) is 0.577. The molecule has 0 bridgehead atoms. The maximum atomic E-state index is 12.3. The van der Waals surface area contributed by atoms with Crippen molar-refractivity contribution < 1.29 is 19.1 Å². The van der Waals surface area contributed by atoms with Gasteiger partial charge in [-0.15, -0.1) is 22.7 Å². The lowest BCUT2D eigenvalue weighted by Gasteiger charge is -2.18. The summed E-state index contributed by atoms with van der Waals surface area (Å²) >= 11 is 6.29. The standard InChI is InChI=1S/C17H12BrN3O4S2/c18-10-6-14(26-7-10)17-19-11(8-27-17)16(23)21-20-15(22)9-1-2-12-13(5-9)25-4-3-24-12/h1-2,5-8H,3-4H2,(H,20,22)(H,21,23). The molecule has 3 heterocycles. The van der Waals surface area contributed by atoms with E-state index in [9.17, 15) is 9.59 Å². The van der Waals surface area contributed by atoms with Crippen LogP contribution in [0, 0.1) is 0 Å². The predicted octanol–water partition coefficient (Wildman–Crippen LogP) is 3.48. The number of amides is 2. The molecule has 2 amide bonds. The largest absolute Gasteiger partial charge is 0.486 e. The Balaban J connectivity index is 1.39. The van der Waals surface area contributed by atoms with Crippen LogP contribution in [0.1, 0.15) is 20.8 Å². The molecule has 0 atom stereocenters. The van der Waals surface area contributed by atoms with Gasteiger partial charge in [0.15, 0.2) is 11.5 Å². The summed E-state index contributed by atoms with van der Waals surface area (Å²) in [5.41, 5.74) is 5.34. The zero-order chi connectivity index (χ0) is 18.8. The normalized spacial score (nSPS) is 12.5. The Hall–Kier alpha value is -2.43. The van der Waals surface area contributed by atoms with E-state index in [0.717, 1.165) is 14.4 Å². The van der Waals surface area contributed by atoms with E-state index in [1.807, 2.05) is 11.4 Å². The summed E-state index contributed by atoms with van der Waals surface area (Å²) in [5, 5.41) is 4.34. The molecule has 3 aromatic rings. The van der Waals surface area contributed by atoms with Gasteiger partial charge in [0.2, 0.25) is 0 Å². The molecule has 7 nitrogen and oxygen atoms in total. The summed E-state index contributed by atoms with van der Waals surface area (Å²) in [5.74, 6) is 0.153. The van der Waals surface area contributed by atoms with E-state index in [-0.39, 0.29) is 5.69 Å². The number of hydrogen-bond acceptors (Lipinski definition) is 7. The molecule has 1 aromatic carbocycles. The van der Waals surface area contributed by atoms with Crippen LogP contribution in [0.5, 0.6) is 11.5 Å². The van der Waals surface area contributed by atoms with Gasteiger partial charge in [-0.2, -0.15) is 0 Å². The second-order valence-electron chi connectivity index (χ2n) is 5.43. The van der Waals surface area contributed by atoms with Gasteiger partial charge in [-0.25, -0.2) is 4.98 Å². The highest BCUT2D eigenvalue weighted by atomic mass is 79.9. The van der Waals surface area contributed by atoms with E-state index >= 15 is 0 Å². The predicted molar refractivity (Wildman–Crippen MR) is 105 cm³/mol. The van der Waals surface area contributed by atoms with Crippen LogP contribution in [-0.2, 0) is 0 Å². The number of hydrazine groups is 1. The monoisotopic (exact) mass is 465 g/mol. The number of halogens is 1. The first-order chi connectivity index (χ1) is 13.1. The van der Waals surface area contributed by atoms with Gasteiger partial charge in [0.05, 0.1) is 4.88 Å². The summed E-state index contributed by atoms with van der Waals surface area (Å²) in [7, 11) is 0. The lowest BCUT2D eigenvalue weighted by molar-refractivity contribution is 0.0844. The maximum absolute atomic E-state index is 12.3. The number of nitrogens with zero attached hydrogens (tertiary/aromatic N) is 1. The second-order valence-corrected chi connectivity index (χ2v) is 8.12. The fourth-order valence-electron chi connectivity index (χ4n) is 2.35. The number of ether oxygens (including phenoxy) is 2. The van der Waals surface area contributed by atoms with Gasteiger partial charge >= 0.3 is 0 Å². The summed E-state index contributed by atoms with van der Waals surface area (Å²) < 4.78 is 11.8. The Morgan fingerprint density at radius 3 is 2.56 bits per heavy atom. The summed E-state index contributed by atoms with van der Waals surface area (Å²) in [6, 6.07) is 6.78. The van der Waals surface area contributed by atoms with E-state index in [1.165, 1.54) is 22.7 Å². The molecule has 1 aliphatic rings. The summed E-state index contributed by atoms with van der Waals surface area (Å²) in [4.78, 5) is 29.8. The van der Waals surface area contributed by atoms with E-state index in [1.54, 1.807) is 23.6 Å². The summed E-state index contributed by atoms with van der Waals surface area (Å²) in [6.07, 6.45) is 0. The van der Waals surface area contributed by atoms with Crippen molar-refractivity contribution in [3.05, 3.63) is 50.8 Å². The molecule has 1 aliphatic heterocycles. The molecule has 27 heavy (non-hydrogen) atoms. The van der Waals surface area contributed by atoms with Crippen LogP contribution in [-0.4, -0.2) is 30.0 Å². The Bertz CT molecular complexity index is 1020. The Morgan fingerprint density at radius 1 is 1.00 bits per heavy atom. The highest BCUT2D eigenvalue weighted by molar-refractivity contribution is 9.10. The van der Waals surface area contributed by atoms with Crippen molar-refractivity contribution in [2.24, 2.45) is 0 Å². The number of hydrogen-bond donors (Lipinski definition) is 2. The molecular weight excluding hydrogens is 454 g/mol. The van der Waals surface area contributed by atoms with Crippen molar-refractivity contribution in [1.29, 1.82) is 0 Å². The maximum Gasteiger partial charge on any atom is 0.289 e. The molecule has 10 heteroatoms. The molecular formula is C17H12BrN3O4S2. The molecule has 2 aromatic heterocycles. The highest BCUT2D eigenvalue weighted by Crippen LogP contribution is 2.32. The van der Waals surface area contributed by atoms with E-state index < -0.39 is 11.8 Å². The van der Waals surface area contributed by atoms with Crippen LogP contribution in [0.25, 0.3) is 9.88 Å². The van der Waals surface area contributed by atoms with Gasteiger partial charge in [-0.3, -0.25) is 20.4 Å². The molecule has 0 saturated heterocycles. The number of fused-ring (bicyclic) bond motifs is 1. The fourth-order valence-corrected chi connectivity index (χ4v) is 4.66. The van der Waals surface area contributed by atoms with Crippen molar-refractivity contribution in [2.75, 3.05) is 13.2 Å². The first-order valence-electron chi connectivity index (χ1n) is 7.80. The van der Waals surface area contributed by atoms with Crippen molar-refractivity contribution in [3.8, 4) is 21.4 Å². The van der Waals surface area contributed by atoms with Gasteiger partial charge in [0.25, 0.3) is 11.8 Å². The number of benzene rings is 1. The molecule has 0 radical (unpaired) electrons. The van der Waals surface area contributed by atoms with E-state index in [2.05, 4.69) is 31.8 Å². The average molecular weight is 466 g/mol. The molecule has 0 aliphatic carbocycles. The zero-order valence-electron chi connectivity index (χ0n) is 13.7. The number of carbonyl (C=O) groups excluding carboxylic acids is 2. The minimum Gasteiger partial charge on any atom is -0.486 e. The van der Waals surface area contributed by atoms with Crippen LogP contribution in [0.4, 0.5) is 0 Å². The fraction of sp³-hybridized carbons (Fsp3) is 0.118. The topological polar surface area (TPSA) is 89.6 Å². The number of aromatic nitrogens is 1. The van der Waals surface area contributed by atoms with Gasteiger partial charge in [0, 0.05) is 20.8 Å². The molecule has 4 rings (SSSR count). The Morgan fingerprint density at radius 2 is 1.78 bits per heavy atom. The van der Waals surface area contributed by atoms with Crippen LogP contribution < -0.4 is 20.3 Å². The Kier molecular flexibility index (Phi) is 5.10. The first-order valence-corrected chi connectivity index (χ1v) is 10.4. The molecule has 0 fully saturated rings. The number of carbonyl (C=O) groups is 2. The van der Waals surface area contributed by atoms with Crippen LogP contribution in [0.3, 0.4) is 0 Å². The SMILES string of the molecule is O=C(NNC(=O)c1csc(-c2cc(Br)cs2)n1)c1ccc2c(c1)OCCO2. The van der Waals surface area contributed by atoms with Gasteiger partial charge in [-0.05, 0) is 40.2 Å². The van der Waals surface area contributed by atoms with Crippen LogP contribution >= 0.6 is 38.6 Å². The number of nitrogens with one attached hydrogen (secondary N) is 2. The van der Waals surface area contributed by atoms with E-state index in [0.29, 0.717) is 30.3 Å². The van der Waals surface area contributed by atoms with Gasteiger partial charge in [-0.1, -0.05) is 0 Å². The second kappa shape index (κ2) is 7.67. The molecule has 0 unspecified atom stereocenters. The van der Waals surface area contributed by atoms with Crippen molar-refractivity contribution in [2.45, 2.75) is 0 Å². The lowest BCUT2D eigenvalue weighted by Crippen LogP contribution is -2.41. The molecule has 0 spiro atoms. The number of thiophene rings is 1.